The Hall–Kier alpha value is -1.65. The smallest absolute Gasteiger partial charge is 0.107 e. The van der Waals surface area contributed by atoms with Crippen LogP contribution in [0.25, 0.3) is 10.9 Å². The molecule has 22 heavy (non-hydrogen) atoms. The van der Waals surface area contributed by atoms with Crippen LogP contribution in [0.4, 0.5) is 0 Å². The van der Waals surface area contributed by atoms with Crippen molar-refractivity contribution in [1.29, 1.82) is 0 Å². The second-order valence-corrected chi connectivity index (χ2v) is 6.71. The second kappa shape index (κ2) is 7.07. The summed E-state index contributed by atoms with van der Waals surface area (Å²) in [6.45, 7) is 5.28. The largest absolute Gasteiger partial charge is 0.361 e. The molecule has 0 fully saturated rings. The van der Waals surface area contributed by atoms with Crippen LogP contribution in [0.2, 0.25) is 0 Å². The zero-order valence-electron chi connectivity index (χ0n) is 13.2. The van der Waals surface area contributed by atoms with E-state index in [1.54, 1.807) is 11.3 Å². The Morgan fingerprint density at radius 1 is 1.32 bits per heavy atom. The third kappa shape index (κ3) is 3.57. The van der Waals surface area contributed by atoms with Gasteiger partial charge in [0.25, 0.3) is 0 Å². The van der Waals surface area contributed by atoms with E-state index in [0.29, 0.717) is 6.04 Å². The van der Waals surface area contributed by atoms with Crippen molar-refractivity contribution in [2.24, 2.45) is 0 Å². The molecule has 2 heterocycles. The molecular formula is C18H23N3S. The number of H-pyrrole nitrogens is 1. The maximum absolute atomic E-state index is 4.60. The molecule has 116 valence electrons. The van der Waals surface area contributed by atoms with E-state index in [0.717, 1.165) is 25.8 Å². The Morgan fingerprint density at radius 2 is 2.18 bits per heavy atom. The fraction of sp³-hybridized carbons (Fsp3) is 0.389. The van der Waals surface area contributed by atoms with Gasteiger partial charge in [-0.1, -0.05) is 25.1 Å². The van der Waals surface area contributed by atoms with Gasteiger partial charge in [0.1, 0.15) is 5.01 Å². The Balaban J connectivity index is 1.50. The van der Waals surface area contributed by atoms with Gasteiger partial charge in [0, 0.05) is 35.1 Å². The van der Waals surface area contributed by atoms with Crippen molar-refractivity contribution >= 4 is 22.2 Å². The molecule has 0 aliphatic rings. The van der Waals surface area contributed by atoms with Crippen LogP contribution in [0, 0.1) is 0 Å². The highest BCUT2D eigenvalue weighted by atomic mass is 32.1. The molecule has 0 radical (unpaired) electrons. The van der Waals surface area contributed by atoms with Crippen molar-refractivity contribution in [3.05, 3.63) is 52.1 Å². The summed E-state index contributed by atoms with van der Waals surface area (Å²) in [5, 5.41) is 8.28. The topological polar surface area (TPSA) is 40.7 Å². The predicted molar refractivity (Wildman–Crippen MR) is 94.4 cm³/mol. The Morgan fingerprint density at radius 3 is 3.00 bits per heavy atom. The minimum Gasteiger partial charge on any atom is -0.361 e. The number of nitrogens with zero attached hydrogens (tertiary/aromatic N) is 1. The SMILES string of the molecule is CCc1csc(CNC(C)CCc2c[nH]c3ccccc23)n1. The molecule has 2 aromatic heterocycles. The summed E-state index contributed by atoms with van der Waals surface area (Å²) in [6.07, 6.45) is 5.39. The molecule has 1 atom stereocenters. The average Bonchev–Trinajstić information content (AvgIpc) is 3.17. The van der Waals surface area contributed by atoms with Crippen LogP contribution < -0.4 is 5.32 Å². The maximum atomic E-state index is 4.60. The number of rotatable bonds is 7. The fourth-order valence-corrected chi connectivity index (χ4v) is 3.49. The molecule has 3 nitrogen and oxygen atoms in total. The molecule has 1 aromatic carbocycles. The van der Waals surface area contributed by atoms with Gasteiger partial charge < -0.3 is 10.3 Å². The molecule has 2 N–H and O–H groups in total. The molecule has 1 unspecified atom stereocenters. The summed E-state index contributed by atoms with van der Waals surface area (Å²) in [7, 11) is 0. The summed E-state index contributed by atoms with van der Waals surface area (Å²) in [5.74, 6) is 0. The Kier molecular flexibility index (Phi) is 4.90. The zero-order chi connectivity index (χ0) is 15.4. The molecular weight excluding hydrogens is 290 g/mol. The minimum atomic E-state index is 0.489. The molecule has 3 rings (SSSR count). The molecule has 0 aliphatic heterocycles. The average molecular weight is 313 g/mol. The van der Waals surface area contributed by atoms with Crippen LogP contribution in [0.1, 0.15) is 36.5 Å². The van der Waals surface area contributed by atoms with E-state index in [9.17, 15) is 0 Å². The third-order valence-electron chi connectivity index (χ3n) is 4.08. The van der Waals surface area contributed by atoms with Crippen LogP contribution in [0.5, 0.6) is 0 Å². The van der Waals surface area contributed by atoms with E-state index < -0.39 is 0 Å². The number of aromatic amines is 1. The van der Waals surface area contributed by atoms with Crippen molar-refractivity contribution in [3.8, 4) is 0 Å². The lowest BCUT2D eigenvalue weighted by molar-refractivity contribution is 0.513. The lowest BCUT2D eigenvalue weighted by Gasteiger charge is -2.12. The number of thiazole rings is 1. The first-order valence-electron chi connectivity index (χ1n) is 7.98. The molecule has 0 bridgehead atoms. The summed E-state index contributed by atoms with van der Waals surface area (Å²) in [4.78, 5) is 7.95. The number of para-hydroxylation sites is 1. The normalized spacial score (nSPS) is 12.8. The monoisotopic (exact) mass is 313 g/mol. The van der Waals surface area contributed by atoms with Gasteiger partial charge in [-0.3, -0.25) is 0 Å². The van der Waals surface area contributed by atoms with Crippen LogP contribution in [-0.2, 0) is 19.4 Å². The minimum absolute atomic E-state index is 0.489. The van der Waals surface area contributed by atoms with Gasteiger partial charge in [0.2, 0.25) is 0 Å². The van der Waals surface area contributed by atoms with Gasteiger partial charge in [-0.15, -0.1) is 11.3 Å². The van der Waals surface area contributed by atoms with Crippen LogP contribution in [0.15, 0.2) is 35.8 Å². The first kappa shape index (κ1) is 15.3. The number of nitrogens with one attached hydrogen (secondary N) is 2. The van der Waals surface area contributed by atoms with Crippen LogP contribution >= 0.6 is 11.3 Å². The van der Waals surface area contributed by atoms with Gasteiger partial charge in [-0.25, -0.2) is 4.98 Å². The van der Waals surface area contributed by atoms with Gasteiger partial charge in [-0.05, 0) is 37.8 Å². The molecule has 4 heteroatoms. The summed E-state index contributed by atoms with van der Waals surface area (Å²) < 4.78 is 0. The first-order chi connectivity index (χ1) is 10.8. The first-order valence-corrected chi connectivity index (χ1v) is 8.86. The Labute approximate surface area is 135 Å². The highest BCUT2D eigenvalue weighted by molar-refractivity contribution is 7.09. The predicted octanol–water partition coefficient (Wildman–Crippen LogP) is 4.30. The van der Waals surface area contributed by atoms with E-state index in [1.807, 2.05) is 0 Å². The molecule has 3 aromatic rings. The third-order valence-corrected chi connectivity index (χ3v) is 4.98. The Bertz CT molecular complexity index is 729. The molecule has 0 saturated carbocycles. The van der Waals surface area contributed by atoms with Gasteiger partial charge in [0.05, 0.1) is 5.69 Å². The van der Waals surface area contributed by atoms with Crippen molar-refractivity contribution in [2.45, 2.75) is 45.7 Å². The van der Waals surface area contributed by atoms with E-state index in [2.05, 4.69) is 65.0 Å². The van der Waals surface area contributed by atoms with Crippen LogP contribution in [0.3, 0.4) is 0 Å². The maximum Gasteiger partial charge on any atom is 0.107 e. The van der Waals surface area contributed by atoms with Crippen molar-refractivity contribution in [2.75, 3.05) is 0 Å². The molecule has 0 amide bonds. The lowest BCUT2D eigenvalue weighted by Crippen LogP contribution is -2.25. The van der Waals surface area contributed by atoms with Crippen molar-refractivity contribution in [3.63, 3.8) is 0 Å². The lowest BCUT2D eigenvalue weighted by atomic mass is 10.1. The number of hydrogen-bond acceptors (Lipinski definition) is 3. The van der Waals surface area contributed by atoms with Gasteiger partial charge in [0.15, 0.2) is 0 Å². The second-order valence-electron chi connectivity index (χ2n) is 5.77. The number of aromatic nitrogens is 2. The summed E-state index contributed by atoms with van der Waals surface area (Å²) in [6, 6.07) is 9.00. The van der Waals surface area contributed by atoms with Crippen molar-refractivity contribution in [1.82, 2.24) is 15.3 Å². The van der Waals surface area contributed by atoms with E-state index in [4.69, 9.17) is 0 Å². The number of hydrogen-bond donors (Lipinski definition) is 2. The zero-order valence-corrected chi connectivity index (χ0v) is 14.0. The van der Waals surface area contributed by atoms with E-state index in [1.165, 1.54) is 27.2 Å². The van der Waals surface area contributed by atoms with Crippen molar-refractivity contribution < 1.29 is 0 Å². The quantitative estimate of drug-likeness (QED) is 0.683. The van der Waals surface area contributed by atoms with E-state index in [-0.39, 0.29) is 0 Å². The molecule has 0 saturated heterocycles. The molecule has 0 aliphatic carbocycles. The highest BCUT2D eigenvalue weighted by Gasteiger charge is 2.07. The summed E-state index contributed by atoms with van der Waals surface area (Å²) >= 11 is 1.76. The van der Waals surface area contributed by atoms with Crippen LogP contribution in [-0.4, -0.2) is 16.0 Å². The fourth-order valence-electron chi connectivity index (χ4n) is 2.67. The standard InChI is InChI=1S/C18H23N3S/c1-3-15-12-22-18(21-15)11-19-13(2)8-9-14-10-20-17-7-5-4-6-16(14)17/h4-7,10,12-13,19-20H,3,8-9,11H2,1-2H3. The highest BCUT2D eigenvalue weighted by Crippen LogP contribution is 2.19. The molecule has 0 spiro atoms. The number of aryl methyl sites for hydroxylation is 2. The van der Waals surface area contributed by atoms with Gasteiger partial charge >= 0.3 is 0 Å². The van der Waals surface area contributed by atoms with Gasteiger partial charge in [-0.2, -0.15) is 0 Å². The number of benzene rings is 1. The number of fused-ring (bicyclic) bond motifs is 1. The van der Waals surface area contributed by atoms with E-state index >= 15 is 0 Å². The summed E-state index contributed by atoms with van der Waals surface area (Å²) in [5.41, 5.74) is 3.84.